The molecule has 1 aromatic heterocycles. The molecule has 1 atom stereocenters. The van der Waals surface area contributed by atoms with E-state index in [2.05, 4.69) is 5.32 Å². The molecule has 1 fully saturated rings. The molecule has 25 heavy (non-hydrogen) atoms. The molecular formula is C19H22N2O3S. The number of thiophene rings is 1. The summed E-state index contributed by atoms with van der Waals surface area (Å²) < 4.78 is 5.31. The number of nitrogens with one attached hydrogen (secondary N) is 1. The third kappa shape index (κ3) is 3.14. The number of nitrogens with zero attached hydrogens (tertiary/aromatic N) is 1. The number of carbonyl (C=O) groups excluding carboxylic acids is 2. The lowest BCUT2D eigenvalue weighted by Gasteiger charge is -2.49. The second kappa shape index (κ2) is 6.88. The maximum absolute atomic E-state index is 12.7. The van der Waals surface area contributed by atoms with Gasteiger partial charge in [0.15, 0.2) is 0 Å². The standard InChI is InChI=1S/C19H22N2O3S/c1-13-8-11-25-16(13)17(22)21-10-9-19(21,2)18(23)20-12-14-6-4-5-7-15(14)24-3/h4-8,11H,9-10,12H2,1-3H3,(H,20,23). The predicted molar refractivity (Wildman–Crippen MR) is 98.0 cm³/mol. The van der Waals surface area contributed by atoms with E-state index >= 15 is 0 Å². The van der Waals surface area contributed by atoms with Crippen molar-refractivity contribution in [2.45, 2.75) is 32.4 Å². The van der Waals surface area contributed by atoms with E-state index in [1.807, 2.05) is 49.6 Å². The van der Waals surface area contributed by atoms with Crippen LogP contribution < -0.4 is 10.1 Å². The van der Waals surface area contributed by atoms with Gasteiger partial charge in [-0.25, -0.2) is 0 Å². The van der Waals surface area contributed by atoms with Gasteiger partial charge in [-0.2, -0.15) is 0 Å². The van der Waals surface area contributed by atoms with Crippen LogP contribution in [-0.4, -0.2) is 35.9 Å². The minimum atomic E-state index is -0.796. The van der Waals surface area contributed by atoms with Crippen LogP contribution in [0.25, 0.3) is 0 Å². The van der Waals surface area contributed by atoms with Gasteiger partial charge < -0.3 is 15.0 Å². The molecule has 1 aromatic carbocycles. The Kier molecular flexibility index (Phi) is 4.81. The zero-order chi connectivity index (χ0) is 18.0. The number of para-hydroxylation sites is 1. The molecule has 1 saturated heterocycles. The molecule has 2 heterocycles. The minimum Gasteiger partial charge on any atom is -0.496 e. The molecule has 0 radical (unpaired) electrons. The molecule has 0 bridgehead atoms. The molecular weight excluding hydrogens is 336 g/mol. The first-order valence-electron chi connectivity index (χ1n) is 8.23. The number of methoxy groups -OCH3 is 1. The molecule has 1 aliphatic heterocycles. The molecule has 0 saturated carbocycles. The molecule has 1 aliphatic rings. The molecule has 0 aliphatic carbocycles. The topological polar surface area (TPSA) is 58.6 Å². The number of ether oxygens (including phenoxy) is 1. The zero-order valence-corrected chi connectivity index (χ0v) is 15.5. The van der Waals surface area contributed by atoms with Crippen LogP contribution in [0.5, 0.6) is 5.75 Å². The van der Waals surface area contributed by atoms with Crippen LogP contribution >= 0.6 is 11.3 Å². The van der Waals surface area contributed by atoms with Gasteiger partial charge in [0.2, 0.25) is 5.91 Å². The first-order valence-corrected chi connectivity index (χ1v) is 9.11. The summed E-state index contributed by atoms with van der Waals surface area (Å²) in [4.78, 5) is 27.9. The fourth-order valence-electron chi connectivity index (χ4n) is 3.05. The average Bonchev–Trinajstić information content (AvgIpc) is 3.04. The van der Waals surface area contributed by atoms with Crippen LogP contribution in [0.15, 0.2) is 35.7 Å². The quantitative estimate of drug-likeness (QED) is 0.894. The highest BCUT2D eigenvalue weighted by Crippen LogP contribution is 2.34. The largest absolute Gasteiger partial charge is 0.496 e. The maximum Gasteiger partial charge on any atom is 0.265 e. The molecule has 2 aromatic rings. The highest BCUT2D eigenvalue weighted by molar-refractivity contribution is 7.12. The number of hydrogen-bond donors (Lipinski definition) is 1. The van der Waals surface area contributed by atoms with Gasteiger partial charge in [0.05, 0.1) is 12.0 Å². The van der Waals surface area contributed by atoms with Gasteiger partial charge >= 0.3 is 0 Å². The number of rotatable bonds is 5. The van der Waals surface area contributed by atoms with Gasteiger partial charge in [0, 0.05) is 18.7 Å². The average molecular weight is 358 g/mol. The van der Waals surface area contributed by atoms with E-state index < -0.39 is 5.54 Å². The van der Waals surface area contributed by atoms with Crippen LogP contribution in [0.2, 0.25) is 0 Å². The monoisotopic (exact) mass is 358 g/mol. The third-order valence-electron chi connectivity index (χ3n) is 4.84. The molecule has 1 N–H and O–H groups in total. The Balaban J connectivity index is 1.69. The van der Waals surface area contributed by atoms with Gasteiger partial charge in [-0.1, -0.05) is 18.2 Å². The summed E-state index contributed by atoms with van der Waals surface area (Å²) in [5.41, 5.74) is 1.07. The second-order valence-electron chi connectivity index (χ2n) is 6.41. The highest BCUT2D eigenvalue weighted by atomic mass is 32.1. The Hall–Kier alpha value is -2.34. The lowest BCUT2D eigenvalue weighted by molar-refractivity contribution is -0.137. The first-order chi connectivity index (χ1) is 12.0. The Morgan fingerprint density at radius 2 is 2.08 bits per heavy atom. The summed E-state index contributed by atoms with van der Waals surface area (Å²) in [6, 6.07) is 9.50. The van der Waals surface area contributed by atoms with Gasteiger partial charge in [0.25, 0.3) is 5.91 Å². The smallest absolute Gasteiger partial charge is 0.265 e. The van der Waals surface area contributed by atoms with Gasteiger partial charge in [-0.15, -0.1) is 11.3 Å². The van der Waals surface area contributed by atoms with Crippen molar-refractivity contribution in [3.8, 4) is 5.75 Å². The van der Waals surface area contributed by atoms with E-state index in [1.165, 1.54) is 11.3 Å². The minimum absolute atomic E-state index is 0.0614. The lowest BCUT2D eigenvalue weighted by Crippen LogP contribution is -2.67. The summed E-state index contributed by atoms with van der Waals surface area (Å²) >= 11 is 1.42. The van der Waals surface area contributed by atoms with E-state index in [0.717, 1.165) is 16.9 Å². The Labute approximate surface area is 151 Å². The van der Waals surface area contributed by atoms with Gasteiger partial charge in [0.1, 0.15) is 11.3 Å². The highest BCUT2D eigenvalue weighted by Gasteiger charge is 2.49. The number of likely N-dealkylation sites (tertiary alicyclic amines) is 1. The van der Waals surface area contributed by atoms with E-state index in [-0.39, 0.29) is 11.8 Å². The predicted octanol–water partition coefficient (Wildman–Crippen LogP) is 2.99. The Morgan fingerprint density at radius 1 is 1.32 bits per heavy atom. The Bertz CT molecular complexity index is 801. The van der Waals surface area contributed by atoms with Crippen LogP contribution in [-0.2, 0) is 11.3 Å². The van der Waals surface area contributed by atoms with Crippen molar-refractivity contribution in [1.29, 1.82) is 0 Å². The third-order valence-corrected chi connectivity index (χ3v) is 5.84. The van der Waals surface area contributed by atoms with Crippen LogP contribution in [0.3, 0.4) is 0 Å². The molecule has 6 heteroatoms. The van der Waals surface area contributed by atoms with Crippen molar-refractivity contribution >= 4 is 23.2 Å². The number of carbonyl (C=O) groups is 2. The van der Waals surface area contributed by atoms with Crippen LogP contribution in [0.4, 0.5) is 0 Å². The summed E-state index contributed by atoms with van der Waals surface area (Å²) in [5.74, 6) is 0.546. The summed E-state index contributed by atoms with van der Waals surface area (Å²) in [6.45, 7) is 4.73. The number of aryl methyl sites for hydroxylation is 1. The summed E-state index contributed by atoms with van der Waals surface area (Å²) in [5, 5.41) is 4.86. The van der Waals surface area contributed by atoms with Crippen molar-refractivity contribution < 1.29 is 14.3 Å². The number of hydrogen-bond acceptors (Lipinski definition) is 4. The van der Waals surface area contributed by atoms with Crippen LogP contribution in [0, 0.1) is 6.92 Å². The van der Waals surface area contributed by atoms with Gasteiger partial charge in [-0.05, 0) is 43.3 Å². The van der Waals surface area contributed by atoms with Crippen molar-refractivity contribution in [2.75, 3.05) is 13.7 Å². The Morgan fingerprint density at radius 3 is 2.68 bits per heavy atom. The SMILES string of the molecule is COc1ccccc1CNC(=O)C1(C)CCN1C(=O)c1sccc1C. The van der Waals surface area contributed by atoms with Crippen LogP contribution in [0.1, 0.15) is 34.1 Å². The number of benzene rings is 1. The molecule has 2 amide bonds. The number of amides is 2. The fourth-order valence-corrected chi connectivity index (χ4v) is 3.92. The summed E-state index contributed by atoms with van der Waals surface area (Å²) in [6.07, 6.45) is 0.668. The molecule has 5 nitrogen and oxygen atoms in total. The van der Waals surface area contributed by atoms with Gasteiger partial charge in [-0.3, -0.25) is 9.59 Å². The normalized spacial score (nSPS) is 19.2. The maximum atomic E-state index is 12.7. The molecule has 0 spiro atoms. The fraction of sp³-hybridized carbons (Fsp3) is 0.368. The second-order valence-corrected chi connectivity index (χ2v) is 7.32. The van der Waals surface area contributed by atoms with Crippen molar-refractivity contribution in [3.05, 3.63) is 51.7 Å². The van der Waals surface area contributed by atoms with Crippen molar-refractivity contribution in [2.24, 2.45) is 0 Å². The lowest BCUT2D eigenvalue weighted by atomic mass is 9.85. The molecule has 132 valence electrons. The molecule has 1 unspecified atom stereocenters. The zero-order valence-electron chi connectivity index (χ0n) is 14.7. The molecule has 3 rings (SSSR count). The van der Waals surface area contributed by atoms with Crippen molar-refractivity contribution in [3.63, 3.8) is 0 Å². The summed E-state index contributed by atoms with van der Waals surface area (Å²) in [7, 11) is 1.61. The van der Waals surface area contributed by atoms with E-state index in [0.29, 0.717) is 24.4 Å². The van der Waals surface area contributed by atoms with E-state index in [4.69, 9.17) is 4.74 Å². The van der Waals surface area contributed by atoms with E-state index in [9.17, 15) is 9.59 Å². The van der Waals surface area contributed by atoms with Crippen molar-refractivity contribution in [1.82, 2.24) is 10.2 Å². The van der Waals surface area contributed by atoms with E-state index in [1.54, 1.807) is 12.0 Å². The first kappa shape index (κ1) is 17.5.